The molecule has 8 heteroatoms. The van der Waals surface area contributed by atoms with Crippen LogP contribution in [-0.4, -0.2) is 23.2 Å². The molecular weight excluding hydrogens is 329 g/mol. The molecule has 3 aromatic rings. The highest BCUT2D eigenvalue weighted by Crippen LogP contribution is 2.32. The Kier molecular flexibility index (Phi) is 3.99. The SMILES string of the molecule is Fc1ccc(-c2nnc(CO/N=C\c3ccc4c(c3)OCO4)o2)cc1. The number of ether oxygens (including phenoxy) is 2. The summed E-state index contributed by atoms with van der Waals surface area (Å²) in [6, 6.07) is 11.2. The molecular formula is C17H12FN3O4. The zero-order valence-corrected chi connectivity index (χ0v) is 12.9. The first-order valence-electron chi connectivity index (χ1n) is 7.41. The minimum absolute atomic E-state index is 0.0231. The lowest BCUT2D eigenvalue weighted by atomic mass is 10.2. The van der Waals surface area contributed by atoms with Crippen molar-refractivity contribution in [2.75, 3.05) is 6.79 Å². The number of aromatic nitrogens is 2. The number of halogens is 1. The van der Waals surface area contributed by atoms with E-state index in [1.807, 2.05) is 6.07 Å². The smallest absolute Gasteiger partial charge is 0.257 e. The molecule has 0 saturated carbocycles. The molecule has 0 N–H and O–H groups in total. The van der Waals surface area contributed by atoms with E-state index >= 15 is 0 Å². The van der Waals surface area contributed by atoms with Crippen molar-refractivity contribution in [1.82, 2.24) is 10.2 Å². The Bertz CT molecular complexity index is 909. The Morgan fingerprint density at radius 1 is 1.08 bits per heavy atom. The first-order valence-corrected chi connectivity index (χ1v) is 7.41. The number of rotatable bonds is 5. The van der Waals surface area contributed by atoms with Gasteiger partial charge in [0.2, 0.25) is 12.7 Å². The molecule has 2 aromatic carbocycles. The molecule has 7 nitrogen and oxygen atoms in total. The van der Waals surface area contributed by atoms with Crippen LogP contribution in [0.4, 0.5) is 4.39 Å². The summed E-state index contributed by atoms with van der Waals surface area (Å²) in [6.45, 7) is 0.245. The highest BCUT2D eigenvalue weighted by molar-refractivity contribution is 5.80. The number of oxime groups is 1. The third kappa shape index (κ3) is 3.42. The van der Waals surface area contributed by atoms with Gasteiger partial charge in [-0.15, -0.1) is 10.2 Å². The number of hydrogen-bond donors (Lipinski definition) is 0. The van der Waals surface area contributed by atoms with Gasteiger partial charge in [-0.2, -0.15) is 0 Å². The molecule has 1 aliphatic heterocycles. The third-order valence-corrected chi connectivity index (χ3v) is 3.42. The average molecular weight is 341 g/mol. The predicted molar refractivity (Wildman–Crippen MR) is 84.6 cm³/mol. The Morgan fingerprint density at radius 2 is 1.92 bits per heavy atom. The van der Waals surface area contributed by atoms with Gasteiger partial charge in [0.25, 0.3) is 5.89 Å². The molecule has 0 bridgehead atoms. The number of benzene rings is 2. The maximum atomic E-state index is 12.9. The molecule has 2 heterocycles. The van der Waals surface area contributed by atoms with E-state index in [2.05, 4.69) is 15.4 Å². The fraction of sp³-hybridized carbons (Fsp3) is 0.118. The van der Waals surface area contributed by atoms with Gasteiger partial charge in [0, 0.05) is 11.1 Å². The second kappa shape index (κ2) is 6.60. The van der Waals surface area contributed by atoms with Crippen LogP contribution in [0.25, 0.3) is 11.5 Å². The summed E-state index contributed by atoms with van der Waals surface area (Å²) in [5.41, 5.74) is 1.44. The van der Waals surface area contributed by atoms with Crippen LogP contribution in [0.5, 0.6) is 11.5 Å². The van der Waals surface area contributed by atoms with E-state index < -0.39 is 0 Å². The van der Waals surface area contributed by atoms with E-state index in [1.165, 1.54) is 12.1 Å². The summed E-state index contributed by atoms with van der Waals surface area (Å²) in [5, 5.41) is 11.6. The zero-order valence-electron chi connectivity index (χ0n) is 12.9. The van der Waals surface area contributed by atoms with Gasteiger partial charge in [-0.3, -0.25) is 0 Å². The van der Waals surface area contributed by atoms with Gasteiger partial charge in [0.15, 0.2) is 18.1 Å². The van der Waals surface area contributed by atoms with Gasteiger partial charge in [0.1, 0.15) is 5.82 Å². The molecule has 1 aliphatic rings. The number of hydrogen-bond acceptors (Lipinski definition) is 7. The number of fused-ring (bicyclic) bond motifs is 1. The molecule has 25 heavy (non-hydrogen) atoms. The average Bonchev–Trinajstić information content (AvgIpc) is 3.28. The first-order chi connectivity index (χ1) is 12.3. The molecule has 4 rings (SSSR count). The van der Waals surface area contributed by atoms with Crippen LogP contribution in [0, 0.1) is 5.82 Å². The van der Waals surface area contributed by atoms with Gasteiger partial charge >= 0.3 is 0 Å². The van der Waals surface area contributed by atoms with E-state index in [-0.39, 0.29) is 25.1 Å². The normalized spacial score (nSPS) is 12.7. The summed E-state index contributed by atoms with van der Waals surface area (Å²) < 4.78 is 28.9. The zero-order chi connectivity index (χ0) is 17.1. The van der Waals surface area contributed by atoms with Crippen molar-refractivity contribution in [3.05, 3.63) is 59.7 Å². The summed E-state index contributed by atoms with van der Waals surface area (Å²) >= 11 is 0. The van der Waals surface area contributed by atoms with Gasteiger partial charge in [-0.05, 0) is 42.5 Å². The molecule has 0 saturated heterocycles. The molecule has 0 fully saturated rings. The molecule has 0 amide bonds. The van der Waals surface area contributed by atoms with Gasteiger partial charge in [0.05, 0.1) is 6.21 Å². The van der Waals surface area contributed by atoms with Crippen molar-refractivity contribution in [1.29, 1.82) is 0 Å². The van der Waals surface area contributed by atoms with Crippen LogP contribution in [-0.2, 0) is 11.4 Å². The lowest BCUT2D eigenvalue weighted by Crippen LogP contribution is -1.93. The van der Waals surface area contributed by atoms with Crippen molar-refractivity contribution in [3.63, 3.8) is 0 Å². The van der Waals surface area contributed by atoms with E-state index in [4.69, 9.17) is 18.7 Å². The highest BCUT2D eigenvalue weighted by Gasteiger charge is 2.12. The maximum absolute atomic E-state index is 12.9. The van der Waals surface area contributed by atoms with Crippen LogP contribution in [0.1, 0.15) is 11.5 Å². The van der Waals surface area contributed by atoms with Crippen LogP contribution < -0.4 is 9.47 Å². The van der Waals surface area contributed by atoms with Crippen molar-refractivity contribution < 1.29 is 23.1 Å². The standard InChI is InChI=1S/C17H12FN3O4/c18-13-4-2-12(3-5-13)17-21-20-16(25-17)9-24-19-8-11-1-6-14-15(7-11)23-10-22-14/h1-8H,9-10H2/b19-8-. The minimum atomic E-state index is -0.329. The fourth-order valence-corrected chi connectivity index (χ4v) is 2.21. The predicted octanol–water partition coefficient (Wildman–Crippen LogP) is 3.16. The lowest BCUT2D eigenvalue weighted by Gasteiger charge is -1.97. The topological polar surface area (TPSA) is 79.0 Å². The molecule has 0 radical (unpaired) electrons. The highest BCUT2D eigenvalue weighted by atomic mass is 19.1. The van der Waals surface area contributed by atoms with Crippen molar-refractivity contribution >= 4 is 6.21 Å². The summed E-state index contributed by atoms with van der Waals surface area (Å²) in [6.07, 6.45) is 1.54. The Hall–Kier alpha value is -3.42. The van der Waals surface area contributed by atoms with E-state index in [9.17, 15) is 4.39 Å². The second-order valence-electron chi connectivity index (χ2n) is 5.13. The molecule has 0 spiro atoms. The number of nitrogens with zero attached hydrogens (tertiary/aromatic N) is 3. The Labute approximate surface area is 141 Å². The van der Waals surface area contributed by atoms with E-state index in [0.717, 1.165) is 5.56 Å². The third-order valence-electron chi connectivity index (χ3n) is 3.42. The minimum Gasteiger partial charge on any atom is -0.454 e. The van der Waals surface area contributed by atoms with Crippen LogP contribution in [0.3, 0.4) is 0 Å². The quantitative estimate of drug-likeness (QED) is 0.524. The summed E-state index contributed by atoms with van der Waals surface area (Å²) in [5.74, 6) is 1.60. The maximum Gasteiger partial charge on any atom is 0.257 e. The summed E-state index contributed by atoms with van der Waals surface area (Å²) in [7, 11) is 0. The molecule has 126 valence electrons. The molecule has 1 aromatic heterocycles. The summed E-state index contributed by atoms with van der Waals surface area (Å²) in [4.78, 5) is 5.15. The van der Waals surface area contributed by atoms with E-state index in [1.54, 1.807) is 30.5 Å². The second-order valence-corrected chi connectivity index (χ2v) is 5.13. The monoisotopic (exact) mass is 341 g/mol. The van der Waals surface area contributed by atoms with Gasteiger partial charge < -0.3 is 18.7 Å². The molecule has 0 unspecified atom stereocenters. The fourth-order valence-electron chi connectivity index (χ4n) is 2.21. The molecule has 0 aliphatic carbocycles. The van der Waals surface area contributed by atoms with Gasteiger partial charge in [-0.1, -0.05) is 5.16 Å². The van der Waals surface area contributed by atoms with Crippen molar-refractivity contribution in [2.45, 2.75) is 6.61 Å². The molecule has 0 atom stereocenters. The largest absolute Gasteiger partial charge is 0.454 e. The van der Waals surface area contributed by atoms with Crippen molar-refractivity contribution in [3.8, 4) is 23.0 Å². The Morgan fingerprint density at radius 3 is 2.80 bits per heavy atom. The van der Waals surface area contributed by atoms with Gasteiger partial charge in [-0.25, -0.2) is 4.39 Å². The van der Waals surface area contributed by atoms with Crippen LogP contribution in [0.2, 0.25) is 0 Å². The van der Waals surface area contributed by atoms with E-state index in [0.29, 0.717) is 23.0 Å². The van der Waals surface area contributed by atoms with Crippen LogP contribution >= 0.6 is 0 Å². The Balaban J connectivity index is 1.35. The lowest BCUT2D eigenvalue weighted by molar-refractivity contribution is 0.112. The first kappa shape index (κ1) is 15.1. The van der Waals surface area contributed by atoms with Crippen LogP contribution in [0.15, 0.2) is 52.0 Å². The van der Waals surface area contributed by atoms with Crippen molar-refractivity contribution in [2.24, 2.45) is 5.16 Å².